The maximum atomic E-state index is 12.1. The summed E-state index contributed by atoms with van der Waals surface area (Å²) in [5.41, 5.74) is 3.27. The maximum Gasteiger partial charge on any atom is 0.257 e. The summed E-state index contributed by atoms with van der Waals surface area (Å²) < 4.78 is 0. The van der Waals surface area contributed by atoms with Crippen LogP contribution in [0.3, 0.4) is 0 Å². The van der Waals surface area contributed by atoms with Crippen LogP contribution in [0.4, 0.5) is 5.95 Å². The van der Waals surface area contributed by atoms with Crippen LogP contribution in [0.25, 0.3) is 17.1 Å². The van der Waals surface area contributed by atoms with Crippen molar-refractivity contribution < 1.29 is 4.79 Å². The number of nitrogens with zero attached hydrogens (tertiary/aromatic N) is 1. The first-order valence-electron chi connectivity index (χ1n) is 6.25. The number of hydrogen-bond donors (Lipinski definition) is 2. The Bertz CT molecular complexity index is 739. The molecule has 0 unspecified atom stereocenters. The molecule has 0 aliphatic heterocycles. The summed E-state index contributed by atoms with van der Waals surface area (Å²) in [7, 11) is 0. The summed E-state index contributed by atoms with van der Waals surface area (Å²) in [5, 5.41) is 2.75. The highest BCUT2D eigenvalue weighted by Crippen LogP contribution is 2.14. The van der Waals surface area contributed by atoms with Crippen LogP contribution in [0, 0.1) is 0 Å². The second-order valence-corrected chi connectivity index (χ2v) is 4.38. The highest BCUT2D eigenvalue weighted by molar-refractivity contribution is 6.04. The predicted molar refractivity (Wildman–Crippen MR) is 80.6 cm³/mol. The molecule has 1 aromatic heterocycles. The van der Waals surface area contributed by atoms with Gasteiger partial charge >= 0.3 is 0 Å². The van der Waals surface area contributed by atoms with Crippen LogP contribution < -0.4 is 5.32 Å². The fourth-order valence-electron chi connectivity index (χ4n) is 1.96. The molecule has 0 atom stereocenters. The third-order valence-corrected chi connectivity index (χ3v) is 3.03. The molecule has 20 heavy (non-hydrogen) atoms. The number of imidazole rings is 1. The first kappa shape index (κ1) is 12.2. The van der Waals surface area contributed by atoms with Crippen molar-refractivity contribution >= 4 is 29.0 Å². The van der Waals surface area contributed by atoms with E-state index in [0.717, 1.165) is 16.6 Å². The van der Waals surface area contributed by atoms with Crippen LogP contribution in [0.2, 0.25) is 0 Å². The van der Waals surface area contributed by atoms with Gasteiger partial charge in [0.05, 0.1) is 11.0 Å². The lowest BCUT2D eigenvalue weighted by atomic mass is 10.1. The molecular weight excluding hydrogens is 250 g/mol. The summed E-state index contributed by atoms with van der Waals surface area (Å²) in [5.74, 6) is 0.253. The Kier molecular flexibility index (Phi) is 3.05. The topological polar surface area (TPSA) is 57.8 Å². The SMILES string of the molecule is C=Cc1ccc(C(=O)Nc2nc3ccccc3[nH]2)cc1. The number of aromatic nitrogens is 2. The zero-order valence-electron chi connectivity index (χ0n) is 10.8. The van der Waals surface area contributed by atoms with E-state index in [-0.39, 0.29) is 5.91 Å². The largest absolute Gasteiger partial charge is 0.324 e. The van der Waals surface area contributed by atoms with E-state index in [4.69, 9.17) is 0 Å². The standard InChI is InChI=1S/C16H13N3O/c1-2-11-7-9-12(10-8-11)15(20)19-16-17-13-5-3-4-6-14(13)18-16/h2-10H,1H2,(H2,17,18,19,20). The van der Waals surface area contributed by atoms with Crippen LogP contribution in [0.5, 0.6) is 0 Å². The molecule has 98 valence electrons. The molecule has 2 N–H and O–H groups in total. The van der Waals surface area contributed by atoms with Crippen molar-refractivity contribution in [2.24, 2.45) is 0 Å². The van der Waals surface area contributed by atoms with Gasteiger partial charge in [-0.3, -0.25) is 10.1 Å². The Balaban J connectivity index is 1.82. The van der Waals surface area contributed by atoms with Crippen molar-refractivity contribution in [3.63, 3.8) is 0 Å². The zero-order chi connectivity index (χ0) is 13.9. The minimum Gasteiger partial charge on any atom is -0.324 e. The van der Waals surface area contributed by atoms with Gasteiger partial charge in [0.25, 0.3) is 5.91 Å². The average molecular weight is 263 g/mol. The Morgan fingerprint density at radius 3 is 2.60 bits per heavy atom. The molecule has 0 fully saturated rings. The molecule has 0 spiro atoms. The molecule has 0 aliphatic carbocycles. The third kappa shape index (κ3) is 2.31. The molecule has 0 aliphatic rings. The number of amides is 1. The second kappa shape index (κ2) is 5.01. The molecule has 3 rings (SSSR count). The molecule has 1 amide bonds. The van der Waals surface area contributed by atoms with Crippen molar-refractivity contribution in [3.8, 4) is 0 Å². The van der Waals surface area contributed by atoms with E-state index in [9.17, 15) is 4.79 Å². The number of para-hydroxylation sites is 2. The molecule has 4 nitrogen and oxygen atoms in total. The number of aromatic amines is 1. The molecular formula is C16H13N3O. The highest BCUT2D eigenvalue weighted by Gasteiger charge is 2.08. The number of rotatable bonds is 3. The van der Waals surface area contributed by atoms with Gasteiger partial charge in [-0.1, -0.05) is 36.9 Å². The number of fused-ring (bicyclic) bond motifs is 1. The zero-order valence-corrected chi connectivity index (χ0v) is 10.8. The lowest BCUT2D eigenvalue weighted by molar-refractivity contribution is 0.102. The molecule has 0 saturated carbocycles. The minimum atomic E-state index is -0.195. The van der Waals surface area contributed by atoms with Gasteiger partial charge in [-0.15, -0.1) is 0 Å². The molecule has 0 radical (unpaired) electrons. The number of nitrogens with one attached hydrogen (secondary N) is 2. The van der Waals surface area contributed by atoms with Gasteiger partial charge in [-0.05, 0) is 29.8 Å². The molecule has 0 bridgehead atoms. The van der Waals surface area contributed by atoms with E-state index in [1.807, 2.05) is 36.4 Å². The normalized spacial score (nSPS) is 10.4. The van der Waals surface area contributed by atoms with Gasteiger partial charge in [-0.25, -0.2) is 4.98 Å². The van der Waals surface area contributed by atoms with Gasteiger partial charge in [0.1, 0.15) is 0 Å². The average Bonchev–Trinajstić information content (AvgIpc) is 2.89. The Morgan fingerprint density at radius 2 is 1.90 bits per heavy atom. The predicted octanol–water partition coefficient (Wildman–Crippen LogP) is 3.46. The number of anilines is 1. The second-order valence-electron chi connectivity index (χ2n) is 4.38. The monoisotopic (exact) mass is 263 g/mol. The van der Waals surface area contributed by atoms with E-state index in [2.05, 4.69) is 21.9 Å². The minimum absolute atomic E-state index is 0.195. The van der Waals surface area contributed by atoms with Crippen LogP contribution in [0.15, 0.2) is 55.1 Å². The van der Waals surface area contributed by atoms with Gasteiger partial charge in [0, 0.05) is 5.56 Å². The van der Waals surface area contributed by atoms with Crippen molar-refractivity contribution in [2.75, 3.05) is 5.32 Å². The molecule has 0 saturated heterocycles. The van der Waals surface area contributed by atoms with Crippen molar-refractivity contribution in [1.82, 2.24) is 9.97 Å². The molecule has 1 heterocycles. The van der Waals surface area contributed by atoms with Crippen LogP contribution in [-0.2, 0) is 0 Å². The molecule has 3 aromatic rings. The van der Waals surface area contributed by atoms with E-state index in [1.165, 1.54) is 0 Å². The van der Waals surface area contributed by atoms with Crippen LogP contribution in [-0.4, -0.2) is 15.9 Å². The van der Waals surface area contributed by atoms with Crippen molar-refractivity contribution in [2.45, 2.75) is 0 Å². The molecule has 2 aromatic carbocycles. The fraction of sp³-hybridized carbons (Fsp3) is 0. The third-order valence-electron chi connectivity index (χ3n) is 3.03. The first-order chi connectivity index (χ1) is 9.76. The summed E-state index contributed by atoms with van der Waals surface area (Å²) in [6, 6.07) is 14.8. The molecule has 4 heteroatoms. The fourth-order valence-corrected chi connectivity index (χ4v) is 1.96. The van der Waals surface area contributed by atoms with Gasteiger partial charge < -0.3 is 4.98 Å². The summed E-state index contributed by atoms with van der Waals surface area (Å²) in [4.78, 5) is 19.5. The summed E-state index contributed by atoms with van der Waals surface area (Å²) in [6.07, 6.45) is 1.74. The van der Waals surface area contributed by atoms with Crippen molar-refractivity contribution in [3.05, 3.63) is 66.2 Å². The number of benzene rings is 2. The number of carbonyl (C=O) groups excluding carboxylic acids is 1. The van der Waals surface area contributed by atoms with Crippen LogP contribution in [0.1, 0.15) is 15.9 Å². The smallest absolute Gasteiger partial charge is 0.257 e. The lowest BCUT2D eigenvalue weighted by Gasteiger charge is -2.02. The highest BCUT2D eigenvalue weighted by atomic mass is 16.1. The van der Waals surface area contributed by atoms with Crippen molar-refractivity contribution in [1.29, 1.82) is 0 Å². The van der Waals surface area contributed by atoms with E-state index < -0.39 is 0 Å². The Hall–Kier alpha value is -2.88. The van der Waals surface area contributed by atoms with E-state index in [1.54, 1.807) is 18.2 Å². The Morgan fingerprint density at radius 1 is 1.15 bits per heavy atom. The quantitative estimate of drug-likeness (QED) is 0.760. The summed E-state index contributed by atoms with van der Waals surface area (Å²) >= 11 is 0. The van der Waals surface area contributed by atoms with Gasteiger partial charge in [0.2, 0.25) is 5.95 Å². The number of H-pyrrole nitrogens is 1. The number of hydrogen-bond acceptors (Lipinski definition) is 2. The maximum absolute atomic E-state index is 12.1. The van der Waals surface area contributed by atoms with E-state index in [0.29, 0.717) is 11.5 Å². The first-order valence-corrected chi connectivity index (χ1v) is 6.25. The number of carbonyl (C=O) groups is 1. The van der Waals surface area contributed by atoms with Gasteiger partial charge in [-0.2, -0.15) is 0 Å². The lowest BCUT2D eigenvalue weighted by Crippen LogP contribution is -2.12. The van der Waals surface area contributed by atoms with Crippen LogP contribution >= 0.6 is 0 Å². The Labute approximate surface area is 116 Å². The van der Waals surface area contributed by atoms with E-state index >= 15 is 0 Å². The summed E-state index contributed by atoms with van der Waals surface area (Å²) in [6.45, 7) is 3.68. The van der Waals surface area contributed by atoms with Gasteiger partial charge in [0.15, 0.2) is 0 Å².